The van der Waals surface area contributed by atoms with Gasteiger partial charge in [-0.2, -0.15) is 5.26 Å². The molecule has 0 atom stereocenters. The van der Waals surface area contributed by atoms with Gasteiger partial charge < -0.3 is 10.2 Å². The van der Waals surface area contributed by atoms with E-state index in [2.05, 4.69) is 44.2 Å². The van der Waals surface area contributed by atoms with Crippen LogP contribution < -0.4 is 5.32 Å². The van der Waals surface area contributed by atoms with Gasteiger partial charge in [0.15, 0.2) is 0 Å². The molecule has 0 heterocycles. The predicted molar refractivity (Wildman–Crippen MR) is 72.0 cm³/mol. The maximum Gasteiger partial charge on any atom is 0.101 e. The molecule has 3 heteroatoms. The van der Waals surface area contributed by atoms with Gasteiger partial charge in [0.05, 0.1) is 11.3 Å². The summed E-state index contributed by atoms with van der Waals surface area (Å²) >= 11 is 0. The van der Waals surface area contributed by atoms with Crippen LogP contribution in [0.1, 0.15) is 19.4 Å². The van der Waals surface area contributed by atoms with E-state index in [1.165, 1.54) is 0 Å². The normalized spacial score (nSPS) is 11.3. The van der Waals surface area contributed by atoms with E-state index in [1.54, 1.807) is 0 Å². The molecule has 92 valence electrons. The minimum atomic E-state index is 0.173. The van der Waals surface area contributed by atoms with E-state index in [0.29, 0.717) is 5.56 Å². The first kappa shape index (κ1) is 13.5. The zero-order valence-corrected chi connectivity index (χ0v) is 11.1. The smallest absolute Gasteiger partial charge is 0.101 e. The summed E-state index contributed by atoms with van der Waals surface area (Å²) in [4.78, 5) is 2.18. The highest BCUT2D eigenvalue weighted by Crippen LogP contribution is 2.19. The fraction of sp³-hybridized carbons (Fsp3) is 0.500. The topological polar surface area (TPSA) is 39.1 Å². The molecule has 3 nitrogen and oxygen atoms in total. The van der Waals surface area contributed by atoms with Gasteiger partial charge in [-0.25, -0.2) is 0 Å². The van der Waals surface area contributed by atoms with Gasteiger partial charge in [0.2, 0.25) is 0 Å². The van der Waals surface area contributed by atoms with Crippen molar-refractivity contribution in [3.63, 3.8) is 0 Å². The predicted octanol–water partition coefficient (Wildman–Crippen LogP) is 2.56. The molecular formula is C14H21N3. The molecule has 0 aliphatic rings. The summed E-state index contributed by atoms with van der Waals surface area (Å²) in [6.45, 7) is 6.29. The molecule has 1 rings (SSSR count). The molecule has 0 saturated carbocycles. The van der Waals surface area contributed by atoms with Gasteiger partial charge in [-0.3, -0.25) is 0 Å². The number of nitrogens with one attached hydrogen (secondary N) is 1. The summed E-state index contributed by atoms with van der Waals surface area (Å²) in [5, 5.41) is 12.4. The molecule has 1 aromatic carbocycles. The Bertz CT molecular complexity index is 402. The maximum atomic E-state index is 9.00. The largest absolute Gasteiger partial charge is 0.383 e. The molecule has 0 bridgehead atoms. The van der Waals surface area contributed by atoms with Gasteiger partial charge in [0, 0.05) is 13.1 Å². The second-order valence-corrected chi connectivity index (χ2v) is 5.41. The molecule has 0 unspecified atom stereocenters. The van der Waals surface area contributed by atoms with Crippen LogP contribution >= 0.6 is 0 Å². The fourth-order valence-corrected chi connectivity index (χ4v) is 1.98. The number of hydrogen-bond donors (Lipinski definition) is 1. The summed E-state index contributed by atoms with van der Waals surface area (Å²) in [5.41, 5.74) is 1.79. The van der Waals surface area contributed by atoms with Crippen molar-refractivity contribution >= 4 is 5.69 Å². The lowest BCUT2D eigenvalue weighted by atomic mass is 9.92. The highest BCUT2D eigenvalue weighted by atomic mass is 15.1. The van der Waals surface area contributed by atoms with Crippen molar-refractivity contribution in [1.82, 2.24) is 4.90 Å². The van der Waals surface area contributed by atoms with Crippen molar-refractivity contribution in [1.29, 1.82) is 5.26 Å². The van der Waals surface area contributed by atoms with Gasteiger partial charge in [-0.15, -0.1) is 0 Å². The molecule has 0 radical (unpaired) electrons. The Morgan fingerprint density at radius 2 is 1.94 bits per heavy atom. The van der Waals surface area contributed by atoms with Gasteiger partial charge in [-0.1, -0.05) is 26.0 Å². The van der Waals surface area contributed by atoms with Crippen molar-refractivity contribution < 1.29 is 0 Å². The Labute approximate surface area is 104 Å². The number of para-hydroxylation sites is 1. The van der Waals surface area contributed by atoms with Crippen LogP contribution in [0.2, 0.25) is 0 Å². The van der Waals surface area contributed by atoms with Gasteiger partial charge in [0.1, 0.15) is 6.07 Å². The Kier molecular flexibility index (Phi) is 4.53. The number of hydrogen-bond acceptors (Lipinski definition) is 3. The van der Waals surface area contributed by atoms with E-state index >= 15 is 0 Å². The molecule has 0 saturated heterocycles. The van der Waals surface area contributed by atoms with Gasteiger partial charge >= 0.3 is 0 Å². The van der Waals surface area contributed by atoms with Crippen molar-refractivity contribution in [3.05, 3.63) is 29.8 Å². The Morgan fingerprint density at radius 3 is 2.53 bits per heavy atom. The van der Waals surface area contributed by atoms with Crippen molar-refractivity contribution in [3.8, 4) is 6.07 Å². The second-order valence-electron chi connectivity index (χ2n) is 5.41. The van der Waals surface area contributed by atoms with Crippen LogP contribution in [0.15, 0.2) is 24.3 Å². The molecule has 0 spiro atoms. The third-order valence-electron chi connectivity index (χ3n) is 2.55. The Balaban J connectivity index is 2.64. The summed E-state index contributed by atoms with van der Waals surface area (Å²) in [5.74, 6) is 0. The van der Waals surface area contributed by atoms with Gasteiger partial charge in [0.25, 0.3) is 0 Å². The first-order valence-corrected chi connectivity index (χ1v) is 5.82. The Morgan fingerprint density at radius 1 is 1.29 bits per heavy atom. The quantitative estimate of drug-likeness (QED) is 0.846. The van der Waals surface area contributed by atoms with E-state index in [4.69, 9.17) is 5.26 Å². The molecule has 0 fully saturated rings. The first-order valence-electron chi connectivity index (χ1n) is 5.82. The van der Waals surface area contributed by atoms with E-state index in [0.717, 1.165) is 18.8 Å². The first-order chi connectivity index (χ1) is 7.94. The zero-order valence-electron chi connectivity index (χ0n) is 11.1. The number of benzene rings is 1. The van der Waals surface area contributed by atoms with Crippen LogP contribution in [0.4, 0.5) is 5.69 Å². The minimum Gasteiger partial charge on any atom is -0.383 e. The maximum absolute atomic E-state index is 9.00. The third kappa shape index (κ3) is 4.46. The molecule has 0 amide bonds. The summed E-state index contributed by atoms with van der Waals surface area (Å²) < 4.78 is 0. The van der Waals surface area contributed by atoms with Crippen LogP contribution in [0, 0.1) is 16.7 Å². The van der Waals surface area contributed by atoms with Gasteiger partial charge in [-0.05, 0) is 31.6 Å². The van der Waals surface area contributed by atoms with E-state index in [1.807, 2.05) is 24.3 Å². The number of nitrogens with zero attached hydrogens (tertiary/aromatic N) is 2. The molecule has 0 aromatic heterocycles. The summed E-state index contributed by atoms with van der Waals surface area (Å²) in [6, 6.07) is 9.81. The van der Waals surface area contributed by atoms with Crippen LogP contribution in [-0.2, 0) is 0 Å². The average molecular weight is 231 g/mol. The Hall–Kier alpha value is -1.53. The highest BCUT2D eigenvalue weighted by molar-refractivity contribution is 5.57. The molecular weight excluding hydrogens is 210 g/mol. The summed E-state index contributed by atoms with van der Waals surface area (Å²) in [6.07, 6.45) is 0. The lowest BCUT2D eigenvalue weighted by Gasteiger charge is -2.29. The van der Waals surface area contributed by atoms with Crippen molar-refractivity contribution in [2.75, 3.05) is 32.5 Å². The standard InChI is InChI=1S/C14H21N3/c1-14(2,11-17(3)4)10-16-13-8-6-5-7-12(13)9-15/h5-8,16H,10-11H2,1-4H3. The highest BCUT2D eigenvalue weighted by Gasteiger charge is 2.18. The summed E-state index contributed by atoms with van der Waals surface area (Å²) in [7, 11) is 4.15. The van der Waals surface area contributed by atoms with E-state index in [-0.39, 0.29) is 5.41 Å². The second kappa shape index (κ2) is 5.70. The van der Waals surface area contributed by atoms with E-state index < -0.39 is 0 Å². The molecule has 1 aromatic rings. The fourth-order valence-electron chi connectivity index (χ4n) is 1.98. The zero-order chi connectivity index (χ0) is 12.9. The molecule has 0 aliphatic carbocycles. The minimum absolute atomic E-state index is 0.173. The van der Waals surface area contributed by atoms with Crippen LogP contribution in [-0.4, -0.2) is 32.1 Å². The monoisotopic (exact) mass is 231 g/mol. The lowest BCUT2D eigenvalue weighted by molar-refractivity contribution is 0.254. The van der Waals surface area contributed by atoms with Crippen LogP contribution in [0.5, 0.6) is 0 Å². The SMILES string of the molecule is CN(C)CC(C)(C)CNc1ccccc1C#N. The lowest BCUT2D eigenvalue weighted by Crippen LogP contribution is -2.34. The van der Waals surface area contributed by atoms with E-state index in [9.17, 15) is 0 Å². The van der Waals surface area contributed by atoms with Crippen molar-refractivity contribution in [2.45, 2.75) is 13.8 Å². The number of anilines is 1. The average Bonchev–Trinajstić information content (AvgIpc) is 2.25. The van der Waals surface area contributed by atoms with Crippen LogP contribution in [0.25, 0.3) is 0 Å². The third-order valence-corrected chi connectivity index (χ3v) is 2.55. The van der Waals surface area contributed by atoms with Crippen LogP contribution in [0.3, 0.4) is 0 Å². The van der Waals surface area contributed by atoms with Crippen molar-refractivity contribution in [2.24, 2.45) is 5.41 Å². The number of nitriles is 1. The number of rotatable bonds is 5. The molecule has 17 heavy (non-hydrogen) atoms. The molecule has 1 N–H and O–H groups in total. The molecule has 0 aliphatic heterocycles.